The maximum Gasteiger partial charge on any atom is 0.202 e. The molecule has 4 rings (SSSR count). The van der Waals surface area contributed by atoms with Crippen LogP contribution in [0.5, 0.6) is 5.75 Å². The van der Waals surface area contributed by atoms with Gasteiger partial charge in [-0.2, -0.15) is 5.26 Å². The van der Waals surface area contributed by atoms with Crippen LogP contribution in [0.1, 0.15) is 11.1 Å². The number of imidazole rings is 1. The molecule has 7 nitrogen and oxygen atoms in total. The number of anilines is 1. The number of fused-ring (bicyclic) bond motifs is 1. The van der Waals surface area contributed by atoms with Crippen molar-refractivity contribution in [2.24, 2.45) is 0 Å². The Hall–Kier alpha value is -3.57. The zero-order chi connectivity index (χ0) is 18.3. The van der Waals surface area contributed by atoms with Crippen LogP contribution in [0.15, 0.2) is 71.5 Å². The molecule has 0 unspecified atom stereocenters. The van der Waals surface area contributed by atoms with Crippen molar-refractivity contribution < 1.29 is 13.5 Å². The van der Waals surface area contributed by atoms with E-state index in [4.69, 9.17) is 5.26 Å². The molecule has 0 spiro atoms. The van der Waals surface area contributed by atoms with Crippen LogP contribution in [0.25, 0.3) is 5.70 Å². The summed E-state index contributed by atoms with van der Waals surface area (Å²) in [4.78, 5) is 4.08. The molecule has 2 aromatic carbocycles. The van der Waals surface area contributed by atoms with Crippen LogP contribution >= 0.6 is 0 Å². The third kappa shape index (κ3) is 2.51. The van der Waals surface area contributed by atoms with Gasteiger partial charge in [-0.3, -0.25) is 0 Å². The Bertz CT molecular complexity index is 1160. The molecule has 1 N–H and O–H groups in total. The number of nitriles is 1. The highest BCUT2D eigenvalue weighted by Crippen LogP contribution is 2.39. The number of hydrogen-bond donors (Lipinski definition) is 1. The van der Waals surface area contributed by atoms with Crippen molar-refractivity contribution in [1.29, 1.82) is 5.26 Å². The van der Waals surface area contributed by atoms with E-state index in [2.05, 4.69) is 11.1 Å². The zero-order valence-electron chi connectivity index (χ0n) is 13.3. The molecule has 128 valence electrons. The van der Waals surface area contributed by atoms with E-state index < -0.39 is 9.84 Å². The van der Waals surface area contributed by atoms with Crippen LogP contribution in [-0.4, -0.2) is 23.2 Å². The minimum Gasteiger partial charge on any atom is -0.508 e. The van der Waals surface area contributed by atoms with E-state index in [1.54, 1.807) is 58.7 Å². The van der Waals surface area contributed by atoms with Gasteiger partial charge in [-0.15, -0.1) is 0 Å². The fraction of sp³-hybridized carbons (Fsp3) is 0. The Morgan fingerprint density at radius 1 is 1.15 bits per heavy atom. The molecule has 0 atom stereocenters. The monoisotopic (exact) mass is 364 g/mol. The van der Waals surface area contributed by atoms with E-state index in [1.165, 1.54) is 12.1 Å². The number of phenols is 1. The second-order valence-electron chi connectivity index (χ2n) is 5.64. The fourth-order valence-electron chi connectivity index (χ4n) is 2.84. The molecule has 0 amide bonds. The number of sulfone groups is 1. The van der Waals surface area contributed by atoms with Crippen LogP contribution in [0, 0.1) is 11.3 Å². The topological polar surface area (TPSA) is 99.2 Å². The first kappa shape index (κ1) is 15.9. The average Bonchev–Trinajstić information content (AvgIpc) is 3.23. The quantitative estimate of drug-likeness (QED) is 0.767. The van der Waals surface area contributed by atoms with Gasteiger partial charge < -0.3 is 5.11 Å². The number of aromatic nitrogens is 2. The SMILES string of the molecule is N#Cc1ccc(N(C2=CS(=O)(=O)c3cc(O)ccc32)n2ccnc2)cc1. The maximum absolute atomic E-state index is 12.5. The summed E-state index contributed by atoms with van der Waals surface area (Å²) in [5.74, 6) is -0.116. The van der Waals surface area contributed by atoms with Crippen LogP contribution < -0.4 is 5.01 Å². The van der Waals surface area contributed by atoms with Gasteiger partial charge in [0.15, 0.2) is 0 Å². The highest BCUT2D eigenvalue weighted by molar-refractivity contribution is 7.95. The van der Waals surface area contributed by atoms with Crippen molar-refractivity contribution in [3.63, 3.8) is 0 Å². The fourth-order valence-corrected chi connectivity index (χ4v) is 4.25. The Kier molecular flexibility index (Phi) is 3.52. The van der Waals surface area contributed by atoms with Crippen molar-refractivity contribution in [2.45, 2.75) is 4.90 Å². The maximum atomic E-state index is 12.5. The lowest BCUT2D eigenvalue weighted by atomic mass is 10.1. The molecule has 1 aliphatic heterocycles. The number of phenolic OH excluding ortho intramolecular Hbond substituents is 1. The molecule has 1 aliphatic rings. The van der Waals surface area contributed by atoms with E-state index >= 15 is 0 Å². The largest absolute Gasteiger partial charge is 0.508 e. The molecule has 0 saturated carbocycles. The van der Waals surface area contributed by atoms with Crippen molar-refractivity contribution in [3.05, 3.63) is 77.7 Å². The molecule has 3 aromatic rings. The van der Waals surface area contributed by atoms with Gasteiger partial charge in [0.2, 0.25) is 9.84 Å². The molecule has 0 aliphatic carbocycles. The Morgan fingerprint density at radius 2 is 1.92 bits per heavy atom. The van der Waals surface area contributed by atoms with E-state index in [1.807, 2.05) is 0 Å². The normalized spacial score (nSPS) is 14.3. The van der Waals surface area contributed by atoms with Crippen molar-refractivity contribution >= 4 is 21.2 Å². The molecule has 1 aromatic heterocycles. The van der Waals surface area contributed by atoms with Gasteiger partial charge in [0.1, 0.15) is 12.1 Å². The molecule has 0 saturated heterocycles. The number of benzene rings is 2. The summed E-state index contributed by atoms with van der Waals surface area (Å²) in [6.07, 6.45) is 4.81. The van der Waals surface area contributed by atoms with Gasteiger partial charge in [-0.1, -0.05) is 0 Å². The van der Waals surface area contributed by atoms with E-state index in [9.17, 15) is 13.5 Å². The Morgan fingerprint density at radius 3 is 2.58 bits per heavy atom. The van der Waals surface area contributed by atoms with Crippen molar-refractivity contribution in [1.82, 2.24) is 9.66 Å². The second-order valence-corrected chi connectivity index (χ2v) is 7.41. The first-order chi connectivity index (χ1) is 12.5. The minimum atomic E-state index is -3.68. The molecule has 8 heteroatoms. The lowest BCUT2D eigenvalue weighted by Gasteiger charge is -2.26. The average molecular weight is 364 g/mol. The molecule has 0 radical (unpaired) electrons. The first-order valence-corrected chi connectivity index (χ1v) is 9.13. The summed E-state index contributed by atoms with van der Waals surface area (Å²) < 4.78 is 26.7. The standard InChI is InChI=1S/C18H12N4O3S/c19-10-13-1-3-14(4-2-13)22(21-8-7-20-12-21)17-11-26(24,25)18-9-15(23)5-6-16(17)18/h1-9,11-12,23H. The van der Waals surface area contributed by atoms with Gasteiger partial charge in [0.25, 0.3) is 0 Å². The summed E-state index contributed by atoms with van der Waals surface area (Å²) in [5, 5.41) is 21.5. The third-order valence-corrected chi connectivity index (χ3v) is 5.49. The van der Waals surface area contributed by atoms with Crippen LogP contribution in [-0.2, 0) is 9.84 Å². The van der Waals surface area contributed by atoms with Gasteiger partial charge >= 0.3 is 0 Å². The third-order valence-electron chi connectivity index (χ3n) is 4.00. The highest BCUT2D eigenvalue weighted by Gasteiger charge is 2.32. The van der Waals surface area contributed by atoms with Crippen LogP contribution in [0.2, 0.25) is 0 Å². The highest BCUT2D eigenvalue weighted by atomic mass is 32.2. The Balaban J connectivity index is 1.93. The summed E-state index contributed by atoms with van der Waals surface area (Å²) in [6.45, 7) is 0. The van der Waals surface area contributed by atoms with Crippen molar-refractivity contribution in [3.8, 4) is 11.8 Å². The van der Waals surface area contributed by atoms with E-state index in [-0.39, 0.29) is 10.6 Å². The second kappa shape index (κ2) is 5.75. The molecule has 0 fully saturated rings. The minimum absolute atomic E-state index is 0.0475. The summed E-state index contributed by atoms with van der Waals surface area (Å²) in [7, 11) is -3.68. The lowest BCUT2D eigenvalue weighted by molar-refractivity contribution is 0.473. The number of rotatable bonds is 3. The zero-order valence-corrected chi connectivity index (χ0v) is 14.1. The smallest absolute Gasteiger partial charge is 0.202 e. The summed E-state index contributed by atoms with van der Waals surface area (Å²) in [6, 6.07) is 13.1. The Labute approximate surface area is 149 Å². The van der Waals surface area contributed by atoms with Crippen LogP contribution in [0.3, 0.4) is 0 Å². The van der Waals surface area contributed by atoms with E-state index in [0.717, 1.165) is 5.41 Å². The van der Waals surface area contributed by atoms with Crippen LogP contribution in [0.4, 0.5) is 5.69 Å². The van der Waals surface area contributed by atoms with E-state index in [0.29, 0.717) is 22.5 Å². The first-order valence-electron chi connectivity index (χ1n) is 7.58. The predicted octanol–water partition coefficient (Wildman–Crippen LogP) is 2.52. The van der Waals surface area contributed by atoms with Gasteiger partial charge in [-0.05, 0) is 42.5 Å². The van der Waals surface area contributed by atoms with Gasteiger partial charge in [-0.25, -0.2) is 23.1 Å². The van der Waals surface area contributed by atoms with Gasteiger partial charge in [0.05, 0.1) is 33.3 Å². The predicted molar refractivity (Wildman–Crippen MR) is 94.5 cm³/mol. The summed E-state index contributed by atoms with van der Waals surface area (Å²) in [5.41, 5.74) is 2.05. The molecule has 0 bridgehead atoms. The number of aromatic hydroxyl groups is 1. The molecular weight excluding hydrogens is 352 g/mol. The lowest BCUT2D eigenvalue weighted by Crippen LogP contribution is -2.26. The molecule has 2 heterocycles. The molecule has 26 heavy (non-hydrogen) atoms. The van der Waals surface area contributed by atoms with Crippen molar-refractivity contribution in [2.75, 3.05) is 5.01 Å². The van der Waals surface area contributed by atoms with Gasteiger partial charge in [0, 0.05) is 18.0 Å². The number of nitrogens with zero attached hydrogens (tertiary/aromatic N) is 4. The summed E-state index contributed by atoms with van der Waals surface area (Å²) >= 11 is 0. The molecular formula is C18H12N4O3S. The number of hydrogen-bond acceptors (Lipinski definition) is 6.